The predicted octanol–water partition coefficient (Wildman–Crippen LogP) is 4.07. The van der Waals surface area contributed by atoms with Crippen molar-refractivity contribution in [2.75, 3.05) is 5.32 Å². The van der Waals surface area contributed by atoms with Gasteiger partial charge in [0.2, 0.25) is 0 Å². The first kappa shape index (κ1) is 14.1. The molecule has 0 saturated heterocycles. The molecule has 0 spiro atoms. The Labute approximate surface area is 125 Å². The first-order chi connectivity index (χ1) is 10.6. The lowest BCUT2D eigenvalue weighted by molar-refractivity contribution is 0.101. The van der Waals surface area contributed by atoms with Crippen molar-refractivity contribution in [3.8, 4) is 0 Å². The van der Waals surface area contributed by atoms with E-state index in [1.807, 2.05) is 12.1 Å². The number of para-hydroxylation sites is 1. The van der Waals surface area contributed by atoms with Crippen molar-refractivity contribution >= 4 is 22.5 Å². The van der Waals surface area contributed by atoms with E-state index >= 15 is 0 Å². The van der Waals surface area contributed by atoms with E-state index in [0.29, 0.717) is 22.3 Å². The molecule has 22 heavy (non-hydrogen) atoms. The van der Waals surface area contributed by atoms with E-state index in [9.17, 15) is 13.6 Å². The highest BCUT2D eigenvalue weighted by molar-refractivity contribution is 6.08. The number of aryl methyl sites for hydroxylation is 1. The van der Waals surface area contributed by atoms with Gasteiger partial charge in [0.25, 0.3) is 5.91 Å². The fourth-order valence-corrected chi connectivity index (χ4v) is 2.31. The Hall–Kier alpha value is -2.82. The lowest BCUT2D eigenvalue weighted by atomic mass is 10.1. The summed E-state index contributed by atoms with van der Waals surface area (Å²) in [4.78, 5) is 16.6. The van der Waals surface area contributed by atoms with E-state index in [-0.39, 0.29) is 0 Å². The number of nitrogens with one attached hydrogen (secondary N) is 1. The van der Waals surface area contributed by atoms with Gasteiger partial charge in [-0.05, 0) is 31.2 Å². The van der Waals surface area contributed by atoms with Gasteiger partial charge in [-0.25, -0.2) is 8.78 Å². The van der Waals surface area contributed by atoms with Crippen LogP contribution in [0.15, 0.2) is 48.5 Å². The third kappa shape index (κ3) is 2.53. The summed E-state index contributed by atoms with van der Waals surface area (Å²) in [5, 5.41) is 3.27. The summed E-state index contributed by atoms with van der Waals surface area (Å²) in [7, 11) is 0. The van der Waals surface area contributed by atoms with Crippen LogP contribution in [0.5, 0.6) is 0 Å². The number of hydrogen-bond acceptors (Lipinski definition) is 2. The molecular weight excluding hydrogens is 286 g/mol. The van der Waals surface area contributed by atoms with Crippen molar-refractivity contribution in [2.24, 2.45) is 0 Å². The normalized spacial score (nSPS) is 10.7. The Balaban J connectivity index is 2.05. The van der Waals surface area contributed by atoms with Crippen LogP contribution in [0.3, 0.4) is 0 Å². The van der Waals surface area contributed by atoms with Gasteiger partial charge in [-0.15, -0.1) is 0 Å². The lowest BCUT2D eigenvalue weighted by Gasteiger charge is -2.10. The van der Waals surface area contributed by atoms with E-state index in [1.54, 1.807) is 25.1 Å². The summed E-state index contributed by atoms with van der Waals surface area (Å²) in [5.41, 5.74) is 1.27. The minimum atomic E-state index is -0.896. The monoisotopic (exact) mass is 298 g/mol. The molecule has 3 aromatic rings. The summed E-state index contributed by atoms with van der Waals surface area (Å²) in [6.07, 6.45) is 0. The molecule has 0 aliphatic carbocycles. The fourth-order valence-electron chi connectivity index (χ4n) is 2.31. The highest BCUT2D eigenvalue weighted by Crippen LogP contribution is 2.24. The van der Waals surface area contributed by atoms with Crippen molar-refractivity contribution < 1.29 is 13.6 Å². The molecule has 0 fully saturated rings. The molecule has 1 N–H and O–H groups in total. The van der Waals surface area contributed by atoms with Gasteiger partial charge >= 0.3 is 0 Å². The molecule has 2 aromatic carbocycles. The SMILES string of the molecule is Cc1cc(NC(=O)c2c(F)cccc2F)c2ccccc2n1. The van der Waals surface area contributed by atoms with Gasteiger partial charge < -0.3 is 5.32 Å². The summed E-state index contributed by atoms with van der Waals surface area (Å²) < 4.78 is 27.4. The zero-order valence-corrected chi connectivity index (χ0v) is 11.7. The van der Waals surface area contributed by atoms with Crippen molar-refractivity contribution in [1.29, 1.82) is 0 Å². The number of anilines is 1. The number of nitrogens with zero attached hydrogens (tertiary/aromatic N) is 1. The molecule has 5 heteroatoms. The predicted molar refractivity (Wildman–Crippen MR) is 80.8 cm³/mol. The molecule has 110 valence electrons. The summed E-state index contributed by atoms with van der Waals surface area (Å²) in [6, 6.07) is 12.2. The van der Waals surface area contributed by atoms with Crippen LogP contribution >= 0.6 is 0 Å². The number of fused-ring (bicyclic) bond motifs is 1. The van der Waals surface area contributed by atoms with Crippen LogP contribution in [0.25, 0.3) is 10.9 Å². The van der Waals surface area contributed by atoms with Crippen molar-refractivity contribution in [1.82, 2.24) is 4.98 Å². The van der Waals surface area contributed by atoms with E-state index < -0.39 is 23.1 Å². The molecule has 0 unspecified atom stereocenters. The molecule has 3 nitrogen and oxygen atoms in total. The second kappa shape index (κ2) is 5.52. The highest BCUT2D eigenvalue weighted by Gasteiger charge is 2.18. The van der Waals surface area contributed by atoms with Crippen LogP contribution in [0.1, 0.15) is 16.1 Å². The number of hydrogen-bond donors (Lipinski definition) is 1. The van der Waals surface area contributed by atoms with Crippen molar-refractivity contribution in [3.05, 3.63) is 71.4 Å². The van der Waals surface area contributed by atoms with E-state index in [4.69, 9.17) is 0 Å². The lowest BCUT2D eigenvalue weighted by Crippen LogP contribution is -2.16. The summed E-state index contributed by atoms with van der Waals surface area (Å²) in [5.74, 6) is -2.62. The molecule has 1 aromatic heterocycles. The van der Waals surface area contributed by atoms with Crippen LogP contribution in [-0.2, 0) is 0 Å². The molecule has 1 amide bonds. The summed E-state index contributed by atoms with van der Waals surface area (Å²) >= 11 is 0. The number of benzene rings is 2. The van der Waals surface area contributed by atoms with Gasteiger partial charge in [0.1, 0.15) is 17.2 Å². The molecule has 0 radical (unpaired) electrons. The zero-order chi connectivity index (χ0) is 15.7. The van der Waals surface area contributed by atoms with Crippen LogP contribution in [0.2, 0.25) is 0 Å². The fraction of sp³-hybridized carbons (Fsp3) is 0.0588. The summed E-state index contributed by atoms with van der Waals surface area (Å²) in [6.45, 7) is 1.78. The van der Waals surface area contributed by atoms with Crippen LogP contribution in [-0.4, -0.2) is 10.9 Å². The standard InChI is InChI=1S/C17H12F2N2O/c1-10-9-15(11-5-2-3-8-14(11)20-10)21-17(22)16-12(18)6-4-7-13(16)19/h2-9H,1H3,(H,20,21,22). The molecule has 3 rings (SSSR count). The minimum Gasteiger partial charge on any atom is -0.321 e. The van der Waals surface area contributed by atoms with Gasteiger partial charge in [0, 0.05) is 11.1 Å². The van der Waals surface area contributed by atoms with Gasteiger partial charge in [-0.2, -0.15) is 0 Å². The average molecular weight is 298 g/mol. The molecule has 0 saturated carbocycles. The average Bonchev–Trinajstić information content (AvgIpc) is 2.46. The van der Waals surface area contributed by atoms with Crippen LogP contribution in [0, 0.1) is 18.6 Å². The van der Waals surface area contributed by atoms with E-state index in [0.717, 1.165) is 12.1 Å². The number of aromatic nitrogens is 1. The van der Waals surface area contributed by atoms with Crippen molar-refractivity contribution in [3.63, 3.8) is 0 Å². The van der Waals surface area contributed by atoms with E-state index in [1.165, 1.54) is 6.07 Å². The van der Waals surface area contributed by atoms with Gasteiger partial charge in [0.05, 0.1) is 11.2 Å². The molecule has 0 atom stereocenters. The third-order valence-electron chi connectivity index (χ3n) is 3.28. The smallest absolute Gasteiger partial charge is 0.261 e. The Morgan fingerprint density at radius 2 is 1.73 bits per heavy atom. The van der Waals surface area contributed by atoms with Crippen molar-refractivity contribution in [2.45, 2.75) is 6.92 Å². The quantitative estimate of drug-likeness (QED) is 0.774. The minimum absolute atomic E-state index is 0.468. The molecular formula is C17H12F2N2O. The second-order valence-corrected chi connectivity index (χ2v) is 4.88. The van der Waals surface area contributed by atoms with Gasteiger partial charge in [-0.1, -0.05) is 24.3 Å². The maximum Gasteiger partial charge on any atom is 0.261 e. The van der Waals surface area contributed by atoms with Crippen LogP contribution in [0.4, 0.5) is 14.5 Å². The second-order valence-electron chi connectivity index (χ2n) is 4.88. The maximum absolute atomic E-state index is 13.7. The van der Waals surface area contributed by atoms with Crippen LogP contribution < -0.4 is 5.32 Å². The third-order valence-corrected chi connectivity index (χ3v) is 3.28. The number of halogens is 2. The Kier molecular flexibility index (Phi) is 3.55. The number of pyridine rings is 1. The first-order valence-corrected chi connectivity index (χ1v) is 6.68. The molecule has 0 aliphatic rings. The Bertz CT molecular complexity index is 857. The van der Waals surface area contributed by atoms with Gasteiger partial charge in [0.15, 0.2) is 0 Å². The molecule has 0 aliphatic heterocycles. The number of amides is 1. The largest absolute Gasteiger partial charge is 0.321 e. The highest BCUT2D eigenvalue weighted by atomic mass is 19.1. The Morgan fingerprint density at radius 1 is 1.05 bits per heavy atom. The Morgan fingerprint density at radius 3 is 2.45 bits per heavy atom. The number of carbonyl (C=O) groups excluding carboxylic acids is 1. The number of rotatable bonds is 2. The zero-order valence-electron chi connectivity index (χ0n) is 11.7. The molecule has 1 heterocycles. The molecule has 0 bridgehead atoms. The maximum atomic E-state index is 13.7. The topological polar surface area (TPSA) is 42.0 Å². The van der Waals surface area contributed by atoms with E-state index in [2.05, 4.69) is 10.3 Å². The van der Waals surface area contributed by atoms with Gasteiger partial charge in [-0.3, -0.25) is 9.78 Å². The first-order valence-electron chi connectivity index (χ1n) is 6.68. The number of carbonyl (C=O) groups is 1.